The van der Waals surface area contributed by atoms with Gasteiger partial charge in [0.25, 0.3) is 0 Å². The van der Waals surface area contributed by atoms with Crippen molar-refractivity contribution < 1.29 is 0 Å². The van der Waals surface area contributed by atoms with Gasteiger partial charge in [0.2, 0.25) is 0 Å². The SMILES string of the molecule is CN(Cc1cccc(Cl)c1)C1CCNC1.Cl. The predicted octanol–water partition coefficient (Wildman–Crippen LogP) is 2.56. The highest BCUT2D eigenvalue weighted by Gasteiger charge is 2.18. The van der Waals surface area contributed by atoms with Crippen LogP contribution in [0.5, 0.6) is 0 Å². The summed E-state index contributed by atoms with van der Waals surface area (Å²) >= 11 is 5.96. The summed E-state index contributed by atoms with van der Waals surface area (Å²) in [7, 11) is 2.18. The van der Waals surface area contributed by atoms with Crippen LogP contribution in [0.4, 0.5) is 0 Å². The zero-order valence-corrected chi connectivity index (χ0v) is 11.0. The zero-order valence-electron chi connectivity index (χ0n) is 9.45. The summed E-state index contributed by atoms with van der Waals surface area (Å²) in [4.78, 5) is 2.39. The van der Waals surface area contributed by atoms with Gasteiger partial charge >= 0.3 is 0 Å². The number of hydrogen-bond acceptors (Lipinski definition) is 2. The third-order valence-electron chi connectivity index (χ3n) is 2.98. The van der Waals surface area contributed by atoms with Gasteiger partial charge in [-0.05, 0) is 37.7 Å². The molecule has 1 saturated heterocycles. The Morgan fingerprint density at radius 1 is 1.50 bits per heavy atom. The smallest absolute Gasteiger partial charge is 0.0409 e. The van der Waals surface area contributed by atoms with Crippen molar-refractivity contribution in [2.45, 2.75) is 19.0 Å². The molecule has 0 saturated carbocycles. The van der Waals surface area contributed by atoms with Crippen LogP contribution >= 0.6 is 24.0 Å². The molecule has 1 aliphatic rings. The number of likely N-dealkylation sites (N-methyl/N-ethyl adjacent to an activating group) is 1. The predicted molar refractivity (Wildman–Crippen MR) is 71.4 cm³/mol. The van der Waals surface area contributed by atoms with Gasteiger partial charge in [0.1, 0.15) is 0 Å². The van der Waals surface area contributed by atoms with Gasteiger partial charge in [0.05, 0.1) is 0 Å². The molecule has 1 unspecified atom stereocenters. The molecule has 16 heavy (non-hydrogen) atoms. The average Bonchev–Trinajstić information content (AvgIpc) is 2.70. The normalized spacial score (nSPS) is 19.8. The van der Waals surface area contributed by atoms with Gasteiger partial charge in [-0.1, -0.05) is 23.7 Å². The summed E-state index contributed by atoms with van der Waals surface area (Å²) in [6.07, 6.45) is 1.25. The van der Waals surface area contributed by atoms with Crippen molar-refractivity contribution in [1.29, 1.82) is 0 Å². The molecule has 1 atom stereocenters. The first-order valence-corrected chi connectivity index (χ1v) is 5.79. The number of benzene rings is 1. The summed E-state index contributed by atoms with van der Waals surface area (Å²) < 4.78 is 0. The highest BCUT2D eigenvalue weighted by molar-refractivity contribution is 6.30. The molecule has 4 heteroatoms. The fourth-order valence-electron chi connectivity index (χ4n) is 2.07. The molecule has 1 aromatic rings. The summed E-state index contributed by atoms with van der Waals surface area (Å²) in [5.74, 6) is 0. The molecule has 2 nitrogen and oxygen atoms in total. The molecule has 0 amide bonds. The molecule has 1 N–H and O–H groups in total. The minimum atomic E-state index is 0. The highest BCUT2D eigenvalue weighted by Crippen LogP contribution is 2.14. The van der Waals surface area contributed by atoms with Gasteiger partial charge in [-0.15, -0.1) is 12.4 Å². The Hall–Kier alpha value is -0.280. The minimum Gasteiger partial charge on any atom is -0.315 e. The lowest BCUT2D eigenvalue weighted by Crippen LogP contribution is -2.32. The molecule has 0 spiro atoms. The van der Waals surface area contributed by atoms with E-state index in [2.05, 4.69) is 23.3 Å². The molecule has 0 radical (unpaired) electrons. The lowest BCUT2D eigenvalue weighted by Gasteiger charge is -2.23. The first kappa shape index (κ1) is 13.8. The number of hydrogen-bond donors (Lipinski definition) is 1. The van der Waals surface area contributed by atoms with E-state index in [-0.39, 0.29) is 12.4 Å². The molecule has 1 heterocycles. The van der Waals surface area contributed by atoms with Crippen molar-refractivity contribution in [3.05, 3.63) is 34.9 Å². The van der Waals surface area contributed by atoms with Crippen LogP contribution in [0.25, 0.3) is 0 Å². The quantitative estimate of drug-likeness (QED) is 0.899. The fraction of sp³-hybridized carbons (Fsp3) is 0.500. The molecule has 2 rings (SSSR count). The van der Waals surface area contributed by atoms with Gasteiger partial charge in [-0.3, -0.25) is 4.90 Å². The van der Waals surface area contributed by atoms with Crippen LogP contribution in [0.1, 0.15) is 12.0 Å². The van der Waals surface area contributed by atoms with E-state index in [9.17, 15) is 0 Å². The molecule has 0 aromatic heterocycles. The van der Waals surface area contributed by atoms with Crippen LogP contribution in [0.15, 0.2) is 24.3 Å². The topological polar surface area (TPSA) is 15.3 Å². The molecule has 0 aliphatic carbocycles. The van der Waals surface area contributed by atoms with Crippen molar-refractivity contribution in [3.63, 3.8) is 0 Å². The van der Waals surface area contributed by atoms with Crippen molar-refractivity contribution in [3.8, 4) is 0 Å². The monoisotopic (exact) mass is 260 g/mol. The van der Waals surface area contributed by atoms with Crippen molar-refractivity contribution in [2.75, 3.05) is 20.1 Å². The van der Waals surface area contributed by atoms with Gasteiger partial charge < -0.3 is 5.32 Å². The van der Waals surface area contributed by atoms with Crippen LogP contribution in [0, 0.1) is 0 Å². The lowest BCUT2D eigenvalue weighted by atomic mass is 10.1. The zero-order chi connectivity index (χ0) is 10.7. The highest BCUT2D eigenvalue weighted by atomic mass is 35.5. The van der Waals surface area contributed by atoms with E-state index in [1.165, 1.54) is 12.0 Å². The molecular weight excluding hydrogens is 243 g/mol. The van der Waals surface area contributed by atoms with Crippen LogP contribution < -0.4 is 5.32 Å². The maximum atomic E-state index is 5.96. The maximum absolute atomic E-state index is 5.96. The van der Waals surface area contributed by atoms with Gasteiger partial charge in [-0.2, -0.15) is 0 Å². The summed E-state index contributed by atoms with van der Waals surface area (Å²) in [6, 6.07) is 8.77. The first-order valence-electron chi connectivity index (χ1n) is 5.41. The van der Waals surface area contributed by atoms with E-state index < -0.39 is 0 Å². The van der Waals surface area contributed by atoms with Crippen molar-refractivity contribution in [2.24, 2.45) is 0 Å². The van der Waals surface area contributed by atoms with Gasteiger partial charge in [-0.25, -0.2) is 0 Å². The number of nitrogens with zero attached hydrogens (tertiary/aromatic N) is 1. The minimum absolute atomic E-state index is 0. The first-order chi connectivity index (χ1) is 7.25. The fourth-order valence-corrected chi connectivity index (χ4v) is 2.28. The Kier molecular flexibility index (Phi) is 5.56. The van der Waals surface area contributed by atoms with E-state index >= 15 is 0 Å². The average molecular weight is 261 g/mol. The Labute approximate surface area is 108 Å². The van der Waals surface area contributed by atoms with E-state index in [1.54, 1.807) is 0 Å². The Bertz CT molecular complexity index is 325. The van der Waals surface area contributed by atoms with E-state index in [0.717, 1.165) is 24.7 Å². The largest absolute Gasteiger partial charge is 0.315 e. The van der Waals surface area contributed by atoms with E-state index in [1.807, 2.05) is 18.2 Å². The third-order valence-corrected chi connectivity index (χ3v) is 3.21. The molecule has 0 bridgehead atoms. The molecule has 1 aliphatic heterocycles. The Morgan fingerprint density at radius 3 is 2.94 bits per heavy atom. The lowest BCUT2D eigenvalue weighted by molar-refractivity contribution is 0.249. The second-order valence-corrected chi connectivity index (χ2v) is 4.63. The Morgan fingerprint density at radius 2 is 2.31 bits per heavy atom. The van der Waals surface area contributed by atoms with E-state index in [4.69, 9.17) is 11.6 Å². The standard InChI is InChI=1S/C12H17ClN2.ClH/c1-15(12-5-6-14-8-12)9-10-3-2-4-11(13)7-10;/h2-4,7,12,14H,5-6,8-9H2,1H3;1H. The molecule has 1 fully saturated rings. The second kappa shape index (κ2) is 6.45. The maximum Gasteiger partial charge on any atom is 0.0409 e. The summed E-state index contributed by atoms with van der Waals surface area (Å²) in [5.41, 5.74) is 1.29. The van der Waals surface area contributed by atoms with Gasteiger partial charge in [0, 0.05) is 24.2 Å². The molecule has 1 aromatic carbocycles. The third kappa shape index (κ3) is 3.63. The molecular formula is C12H18Cl2N2. The van der Waals surface area contributed by atoms with Crippen LogP contribution in [0.2, 0.25) is 5.02 Å². The van der Waals surface area contributed by atoms with E-state index in [0.29, 0.717) is 6.04 Å². The van der Waals surface area contributed by atoms with Crippen molar-refractivity contribution in [1.82, 2.24) is 10.2 Å². The molecule has 90 valence electrons. The van der Waals surface area contributed by atoms with Crippen LogP contribution in [-0.2, 0) is 6.54 Å². The Balaban J connectivity index is 0.00000128. The van der Waals surface area contributed by atoms with Crippen molar-refractivity contribution >= 4 is 24.0 Å². The second-order valence-electron chi connectivity index (χ2n) is 4.19. The number of rotatable bonds is 3. The summed E-state index contributed by atoms with van der Waals surface area (Å²) in [5, 5.41) is 4.21. The number of nitrogens with one attached hydrogen (secondary N) is 1. The van der Waals surface area contributed by atoms with Crippen LogP contribution in [-0.4, -0.2) is 31.1 Å². The number of halogens is 2. The summed E-state index contributed by atoms with van der Waals surface area (Å²) in [6.45, 7) is 3.23. The van der Waals surface area contributed by atoms with Gasteiger partial charge in [0.15, 0.2) is 0 Å². The van der Waals surface area contributed by atoms with Crippen LogP contribution in [0.3, 0.4) is 0 Å².